The fourth-order valence-electron chi connectivity index (χ4n) is 2.68. The van der Waals surface area contributed by atoms with E-state index < -0.39 is 0 Å². The Labute approximate surface area is 96.3 Å². The second kappa shape index (κ2) is 7.05. The van der Waals surface area contributed by atoms with Gasteiger partial charge in [-0.3, -0.25) is 0 Å². The summed E-state index contributed by atoms with van der Waals surface area (Å²) in [5.41, 5.74) is 3.24. The van der Waals surface area contributed by atoms with Gasteiger partial charge in [0.1, 0.15) is 0 Å². The molecule has 0 heterocycles. The van der Waals surface area contributed by atoms with E-state index in [2.05, 4.69) is 53.9 Å². The minimum absolute atomic E-state index is 0.568. The Balaban J connectivity index is 4.98. The predicted molar refractivity (Wildman–Crippen MR) is 70.1 cm³/mol. The standard InChI is InChI=1S/C14H29N/c1-8-13(9-2)11(5)14(10(3)4)12(6)15-7/h10,12,14-15H,8-9H2,1-7H3. The fraction of sp³-hybridized carbons (Fsp3) is 0.857. The van der Waals surface area contributed by atoms with Crippen LogP contribution in [0.5, 0.6) is 0 Å². The van der Waals surface area contributed by atoms with Gasteiger partial charge in [0.15, 0.2) is 0 Å². The highest BCUT2D eigenvalue weighted by molar-refractivity contribution is 5.16. The monoisotopic (exact) mass is 211 g/mol. The Morgan fingerprint density at radius 1 is 1.07 bits per heavy atom. The first kappa shape index (κ1) is 14.7. The first-order valence-electron chi connectivity index (χ1n) is 6.35. The summed E-state index contributed by atoms with van der Waals surface area (Å²) in [4.78, 5) is 0. The summed E-state index contributed by atoms with van der Waals surface area (Å²) in [5, 5.41) is 3.40. The zero-order valence-electron chi connectivity index (χ0n) is 11.6. The van der Waals surface area contributed by atoms with Gasteiger partial charge in [0.2, 0.25) is 0 Å². The van der Waals surface area contributed by atoms with Crippen LogP contribution in [0.3, 0.4) is 0 Å². The van der Waals surface area contributed by atoms with E-state index in [-0.39, 0.29) is 0 Å². The minimum Gasteiger partial charge on any atom is -0.317 e. The molecule has 0 spiro atoms. The van der Waals surface area contributed by atoms with Crippen LogP contribution in [0.2, 0.25) is 0 Å². The summed E-state index contributed by atoms with van der Waals surface area (Å²) in [7, 11) is 2.06. The molecular formula is C14H29N. The topological polar surface area (TPSA) is 12.0 Å². The maximum atomic E-state index is 3.40. The molecule has 0 aliphatic heterocycles. The lowest BCUT2D eigenvalue weighted by Gasteiger charge is -2.30. The van der Waals surface area contributed by atoms with Gasteiger partial charge in [-0.1, -0.05) is 38.8 Å². The van der Waals surface area contributed by atoms with Crippen molar-refractivity contribution < 1.29 is 0 Å². The molecule has 0 saturated carbocycles. The SMILES string of the molecule is CCC(CC)=C(C)C(C(C)C)C(C)NC. The number of allylic oxidation sites excluding steroid dienone is 1. The Hall–Kier alpha value is -0.300. The maximum absolute atomic E-state index is 3.40. The lowest BCUT2D eigenvalue weighted by Crippen LogP contribution is -2.34. The number of hydrogen-bond donors (Lipinski definition) is 1. The second-order valence-corrected chi connectivity index (χ2v) is 4.84. The zero-order chi connectivity index (χ0) is 12.0. The van der Waals surface area contributed by atoms with Gasteiger partial charge >= 0.3 is 0 Å². The minimum atomic E-state index is 0.568. The molecule has 0 radical (unpaired) electrons. The van der Waals surface area contributed by atoms with Gasteiger partial charge < -0.3 is 5.32 Å². The van der Waals surface area contributed by atoms with E-state index in [1.807, 2.05) is 0 Å². The molecule has 0 aromatic rings. The van der Waals surface area contributed by atoms with Gasteiger partial charge in [-0.15, -0.1) is 0 Å². The van der Waals surface area contributed by atoms with Crippen LogP contribution in [0.25, 0.3) is 0 Å². The van der Waals surface area contributed by atoms with Gasteiger partial charge in [-0.2, -0.15) is 0 Å². The zero-order valence-corrected chi connectivity index (χ0v) is 11.6. The van der Waals surface area contributed by atoms with Gasteiger partial charge in [0.05, 0.1) is 0 Å². The van der Waals surface area contributed by atoms with Crippen LogP contribution in [-0.2, 0) is 0 Å². The van der Waals surface area contributed by atoms with Crippen molar-refractivity contribution in [2.24, 2.45) is 11.8 Å². The third kappa shape index (κ3) is 3.98. The first-order valence-corrected chi connectivity index (χ1v) is 6.35. The fourth-order valence-corrected chi connectivity index (χ4v) is 2.68. The van der Waals surface area contributed by atoms with Gasteiger partial charge in [0, 0.05) is 6.04 Å². The molecule has 0 fully saturated rings. The lowest BCUT2D eigenvalue weighted by molar-refractivity contribution is 0.345. The molecule has 2 atom stereocenters. The average Bonchev–Trinajstić information content (AvgIpc) is 2.19. The van der Waals surface area contributed by atoms with Gasteiger partial charge in [0.25, 0.3) is 0 Å². The summed E-state index contributed by atoms with van der Waals surface area (Å²) < 4.78 is 0. The van der Waals surface area contributed by atoms with Crippen molar-refractivity contribution in [2.75, 3.05) is 7.05 Å². The molecule has 1 heteroatoms. The van der Waals surface area contributed by atoms with Crippen LogP contribution in [0.15, 0.2) is 11.1 Å². The Morgan fingerprint density at radius 3 is 1.80 bits per heavy atom. The third-order valence-electron chi connectivity index (χ3n) is 3.62. The first-order chi connectivity index (χ1) is 6.99. The van der Waals surface area contributed by atoms with Crippen molar-refractivity contribution in [1.29, 1.82) is 0 Å². The van der Waals surface area contributed by atoms with Crippen LogP contribution in [0.1, 0.15) is 54.4 Å². The lowest BCUT2D eigenvalue weighted by atomic mass is 9.80. The molecule has 15 heavy (non-hydrogen) atoms. The molecule has 1 N–H and O–H groups in total. The van der Waals surface area contributed by atoms with Crippen molar-refractivity contribution in [3.8, 4) is 0 Å². The molecule has 90 valence electrons. The number of hydrogen-bond acceptors (Lipinski definition) is 1. The molecule has 0 aliphatic carbocycles. The molecule has 0 amide bonds. The molecule has 2 unspecified atom stereocenters. The molecule has 0 saturated heterocycles. The van der Waals surface area contributed by atoms with E-state index >= 15 is 0 Å². The van der Waals surface area contributed by atoms with Gasteiger partial charge in [-0.05, 0) is 45.6 Å². The van der Waals surface area contributed by atoms with Crippen molar-refractivity contribution in [3.63, 3.8) is 0 Å². The Morgan fingerprint density at radius 2 is 1.53 bits per heavy atom. The Kier molecular flexibility index (Phi) is 6.91. The van der Waals surface area contributed by atoms with Crippen molar-refractivity contribution in [3.05, 3.63) is 11.1 Å². The van der Waals surface area contributed by atoms with Crippen molar-refractivity contribution in [2.45, 2.75) is 60.4 Å². The van der Waals surface area contributed by atoms with Crippen LogP contribution < -0.4 is 5.32 Å². The number of nitrogens with one attached hydrogen (secondary N) is 1. The highest BCUT2D eigenvalue weighted by atomic mass is 14.9. The summed E-state index contributed by atoms with van der Waals surface area (Å²) in [6.45, 7) is 13.8. The van der Waals surface area contributed by atoms with E-state index in [0.717, 1.165) is 0 Å². The highest BCUT2D eigenvalue weighted by Gasteiger charge is 2.22. The van der Waals surface area contributed by atoms with Crippen LogP contribution >= 0.6 is 0 Å². The van der Waals surface area contributed by atoms with Gasteiger partial charge in [-0.25, -0.2) is 0 Å². The third-order valence-corrected chi connectivity index (χ3v) is 3.62. The predicted octanol–water partition coefficient (Wildman–Crippen LogP) is 4.00. The summed E-state index contributed by atoms with van der Waals surface area (Å²) in [6.07, 6.45) is 2.39. The molecule has 0 bridgehead atoms. The molecule has 0 aromatic heterocycles. The molecular weight excluding hydrogens is 182 g/mol. The van der Waals surface area contributed by atoms with E-state index in [1.165, 1.54) is 12.8 Å². The van der Waals surface area contributed by atoms with Crippen molar-refractivity contribution >= 4 is 0 Å². The largest absolute Gasteiger partial charge is 0.317 e. The maximum Gasteiger partial charge on any atom is 0.0104 e. The normalized spacial score (nSPS) is 15.2. The van der Waals surface area contributed by atoms with Crippen LogP contribution in [0.4, 0.5) is 0 Å². The average molecular weight is 211 g/mol. The molecule has 1 nitrogen and oxygen atoms in total. The quantitative estimate of drug-likeness (QED) is 0.655. The molecule has 0 aliphatic rings. The second-order valence-electron chi connectivity index (χ2n) is 4.84. The number of rotatable bonds is 6. The van der Waals surface area contributed by atoms with E-state index in [4.69, 9.17) is 0 Å². The van der Waals surface area contributed by atoms with E-state index in [0.29, 0.717) is 17.9 Å². The highest BCUT2D eigenvalue weighted by Crippen LogP contribution is 2.28. The Bertz CT molecular complexity index is 197. The smallest absolute Gasteiger partial charge is 0.0104 e. The summed E-state index contributed by atoms with van der Waals surface area (Å²) in [6, 6.07) is 0.568. The summed E-state index contributed by atoms with van der Waals surface area (Å²) >= 11 is 0. The van der Waals surface area contributed by atoms with E-state index in [9.17, 15) is 0 Å². The molecule has 0 aromatic carbocycles. The van der Waals surface area contributed by atoms with Crippen LogP contribution in [0, 0.1) is 11.8 Å². The summed E-state index contributed by atoms with van der Waals surface area (Å²) in [5.74, 6) is 1.38. The van der Waals surface area contributed by atoms with Crippen molar-refractivity contribution in [1.82, 2.24) is 5.32 Å². The van der Waals surface area contributed by atoms with E-state index in [1.54, 1.807) is 11.1 Å². The molecule has 0 rings (SSSR count). The van der Waals surface area contributed by atoms with Crippen LogP contribution in [-0.4, -0.2) is 13.1 Å².